The third-order valence-corrected chi connectivity index (χ3v) is 5.52. The third-order valence-electron chi connectivity index (χ3n) is 5.52. The minimum Gasteiger partial charge on any atom is -0.422 e. The summed E-state index contributed by atoms with van der Waals surface area (Å²) < 4.78 is 5.69. The van der Waals surface area contributed by atoms with Gasteiger partial charge in [-0.15, -0.1) is 0 Å². The van der Waals surface area contributed by atoms with Crippen LogP contribution in [-0.2, 0) is 12.8 Å². The fourth-order valence-electron chi connectivity index (χ4n) is 4.31. The van der Waals surface area contributed by atoms with Crippen molar-refractivity contribution in [3.8, 4) is 0 Å². The van der Waals surface area contributed by atoms with Crippen molar-refractivity contribution in [2.24, 2.45) is 0 Å². The van der Waals surface area contributed by atoms with Crippen LogP contribution in [0.25, 0.3) is 11.0 Å². The molecule has 0 unspecified atom stereocenters. The van der Waals surface area contributed by atoms with Crippen molar-refractivity contribution >= 4 is 22.4 Å². The molecule has 0 saturated heterocycles. The van der Waals surface area contributed by atoms with Crippen molar-refractivity contribution in [1.82, 2.24) is 0 Å². The van der Waals surface area contributed by atoms with E-state index >= 15 is 0 Å². The van der Waals surface area contributed by atoms with E-state index in [0.29, 0.717) is 12.0 Å². The molecule has 4 nitrogen and oxygen atoms in total. The molecule has 0 bridgehead atoms. The molecule has 132 valence electrons. The molecule has 2 aliphatic rings. The molecule has 0 fully saturated rings. The normalized spacial score (nSPS) is 16.1. The van der Waals surface area contributed by atoms with Crippen LogP contribution in [0.5, 0.6) is 0 Å². The van der Waals surface area contributed by atoms with Crippen LogP contribution in [0.15, 0.2) is 21.3 Å². The Hall–Kier alpha value is -2.10. The van der Waals surface area contributed by atoms with Crippen LogP contribution in [0.4, 0.5) is 5.69 Å². The number of ketones is 1. The van der Waals surface area contributed by atoms with Gasteiger partial charge < -0.3 is 9.32 Å². The van der Waals surface area contributed by atoms with Gasteiger partial charge in [0.1, 0.15) is 11.1 Å². The molecule has 2 aliphatic heterocycles. The molecular weight excluding hydrogens is 314 g/mol. The number of aryl methyl sites for hydroxylation is 2. The van der Waals surface area contributed by atoms with E-state index in [9.17, 15) is 9.59 Å². The summed E-state index contributed by atoms with van der Waals surface area (Å²) in [7, 11) is 0. The van der Waals surface area contributed by atoms with Gasteiger partial charge in [0.2, 0.25) is 0 Å². The van der Waals surface area contributed by atoms with E-state index in [2.05, 4.69) is 17.9 Å². The molecule has 0 aliphatic carbocycles. The Kier molecular flexibility index (Phi) is 4.36. The SMILES string of the molecule is CCCCCC(=O)c1cc2cc3c4c(c2oc1=O)CCCN4CCC3. The first-order valence-corrected chi connectivity index (χ1v) is 9.60. The maximum absolute atomic E-state index is 12.4. The van der Waals surface area contributed by atoms with Crippen LogP contribution >= 0.6 is 0 Å². The van der Waals surface area contributed by atoms with E-state index in [0.717, 1.165) is 63.4 Å². The van der Waals surface area contributed by atoms with E-state index in [1.807, 2.05) is 0 Å². The van der Waals surface area contributed by atoms with Gasteiger partial charge in [-0.1, -0.05) is 19.8 Å². The van der Waals surface area contributed by atoms with Gasteiger partial charge in [0, 0.05) is 36.1 Å². The summed E-state index contributed by atoms with van der Waals surface area (Å²) >= 11 is 0. The van der Waals surface area contributed by atoms with Crippen molar-refractivity contribution in [3.63, 3.8) is 0 Å². The summed E-state index contributed by atoms with van der Waals surface area (Å²) in [6.45, 7) is 4.28. The molecule has 4 heteroatoms. The van der Waals surface area contributed by atoms with Crippen LogP contribution < -0.4 is 10.5 Å². The van der Waals surface area contributed by atoms with Gasteiger partial charge in [0.25, 0.3) is 0 Å². The molecule has 0 atom stereocenters. The quantitative estimate of drug-likeness (QED) is 0.464. The summed E-state index contributed by atoms with van der Waals surface area (Å²) in [6.07, 6.45) is 7.59. The summed E-state index contributed by atoms with van der Waals surface area (Å²) in [5.41, 5.74) is 4.24. The predicted molar refractivity (Wildman–Crippen MR) is 99.8 cm³/mol. The highest BCUT2D eigenvalue weighted by molar-refractivity contribution is 5.99. The lowest BCUT2D eigenvalue weighted by atomic mass is 9.89. The lowest BCUT2D eigenvalue weighted by Gasteiger charge is -2.37. The maximum atomic E-state index is 12.4. The third kappa shape index (κ3) is 2.88. The number of fused-ring (bicyclic) bond motifs is 2. The Labute approximate surface area is 147 Å². The number of rotatable bonds is 5. The highest BCUT2D eigenvalue weighted by atomic mass is 16.4. The van der Waals surface area contributed by atoms with Gasteiger partial charge in [0.15, 0.2) is 5.78 Å². The molecular formula is C21H25NO3. The number of nitrogens with zero attached hydrogens (tertiary/aromatic N) is 1. The Morgan fingerprint density at radius 2 is 1.96 bits per heavy atom. The second kappa shape index (κ2) is 6.66. The predicted octanol–water partition coefficient (Wildman–Crippen LogP) is 4.25. The van der Waals surface area contributed by atoms with Crippen LogP contribution in [-0.4, -0.2) is 18.9 Å². The van der Waals surface area contributed by atoms with Gasteiger partial charge in [-0.3, -0.25) is 4.79 Å². The van der Waals surface area contributed by atoms with Crippen LogP contribution in [0.3, 0.4) is 0 Å². The molecule has 1 aromatic carbocycles. The zero-order valence-corrected chi connectivity index (χ0v) is 14.9. The van der Waals surface area contributed by atoms with Crippen molar-refractivity contribution in [1.29, 1.82) is 0 Å². The highest BCUT2D eigenvalue weighted by Crippen LogP contribution is 2.39. The number of hydrogen-bond donors (Lipinski definition) is 0. The Morgan fingerprint density at radius 3 is 2.76 bits per heavy atom. The molecule has 2 aromatic rings. The monoisotopic (exact) mass is 339 g/mol. The fraction of sp³-hybridized carbons (Fsp3) is 0.524. The van der Waals surface area contributed by atoms with E-state index < -0.39 is 5.63 Å². The first kappa shape index (κ1) is 16.4. The average Bonchev–Trinajstić information content (AvgIpc) is 2.62. The molecule has 4 rings (SSSR count). The number of unbranched alkanes of at least 4 members (excludes halogenated alkanes) is 2. The zero-order chi connectivity index (χ0) is 17.4. The van der Waals surface area contributed by atoms with E-state index in [1.54, 1.807) is 6.07 Å². The second-order valence-electron chi connectivity index (χ2n) is 7.30. The summed E-state index contributed by atoms with van der Waals surface area (Å²) in [6, 6.07) is 3.91. The van der Waals surface area contributed by atoms with Crippen molar-refractivity contribution < 1.29 is 9.21 Å². The van der Waals surface area contributed by atoms with Crippen LogP contribution in [0, 0.1) is 0 Å². The number of Topliss-reactive ketones (excluding diaryl/α,β-unsaturated/α-hetero) is 1. The molecule has 0 radical (unpaired) electrons. The number of benzene rings is 1. The van der Waals surface area contributed by atoms with Crippen molar-refractivity contribution in [3.05, 3.63) is 39.2 Å². The average molecular weight is 339 g/mol. The standard InChI is InChI=1S/C21H25NO3/c1-2-3-4-9-18(23)17-13-15-12-14-7-5-10-22-11-6-8-16(19(14)22)20(15)25-21(17)24/h12-13H,2-11H2,1H3. The minimum atomic E-state index is -0.474. The van der Waals surface area contributed by atoms with Gasteiger partial charge in [0.05, 0.1) is 0 Å². The van der Waals surface area contributed by atoms with Crippen LogP contribution in [0.1, 0.15) is 66.9 Å². The Bertz CT molecular complexity index is 879. The van der Waals surface area contributed by atoms with Gasteiger partial charge in [-0.25, -0.2) is 4.79 Å². The van der Waals surface area contributed by atoms with E-state index in [4.69, 9.17) is 4.42 Å². The minimum absolute atomic E-state index is 0.0860. The topological polar surface area (TPSA) is 50.5 Å². The lowest BCUT2D eigenvalue weighted by Crippen LogP contribution is -2.34. The lowest BCUT2D eigenvalue weighted by molar-refractivity contribution is 0.0976. The fourth-order valence-corrected chi connectivity index (χ4v) is 4.31. The number of carbonyl (C=O) groups excluding carboxylic acids is 1. The van der Waals surface area contributed by atoms with Crippen LogP contribution in [0.2, 0.25) is 0 Å². The smallest absolute Gasteiger partial charge is 0.347 e. The summed E-state index contributed by atoms with van der Waals surface area (Å²) in [4.78, 5) is 27.3. The molecule has 3 heterocycles. The van der Waals surface area contributed by atoms with Gasteiger partial charge in [-0.05, 0) is 49.8 Å². The Morgan fingerprint density at radius 1 is 1.16 bits per heavy atom. The molecule has 25 heavy (non-hydrogen) atoms. The van der Waals surface area contributed by atoms with Gasteiger partial charge >= 0.3 is 5.63 Å². The van der Waals surface area contributed by atoms with Crippen molar-refractivity contribution in [2.75, 3.05) is 18.0 Å². The number of carbonyl (C=O) groups is 1. The molecule has 0 spiro atoms. The summed E-state index contributed by atoms with van der Waals surface area (Å²) in [5, 5.41) is 0.913. The molecule has 0 saturated carbocycles. The molecule has 0 N–H and O–H groups in total. The summed E-state index contributed by atoms with van der Waals surface area (Å²) in [5.74, 6) is -0.0860. The first-order valence-electron chi connectivity index (χ1n) is 9.60. The van der Waals surface area contributed by atoms with Crippen molar-refractivity contribution in [2.45, 2.75) is 58.3 Å². The number of anilines is 1. The largest absolute Gasteiger partial charge is 0.422 e. The zero-order valence-electron chi connectivity index (χ0n) is 14.9. The first-order chi connectivity index (χ1) is 12.2. The highest BCUT2D eigenvalue weighted by Gasteiger charge is 2.27. The maximum Gasteiger partial charge on any atom is 0.347 e. The second-order valence-corrected chi connectivity index (χ2v) is 7.30. The van der Waals surface area contributed by atoms with E-state index in [1.165, 1.54) is 16.8 Å². The number of hydrogen-bond acceptors (Lipinski definition) is 4. The molecule has 0 amide bonds. The molecule has 1 aromatic heterocycles. The van der Waals surface area contributed by atoms with E-state index in [-0.39, 0.29) is 11.3 Å². The Balaban J connectivity index is 1.80. The van der Waals surface area contributed by atoms with Gasteiger partial charge in [-0.2, -0.15) is 0 Å².